The lowest BCUT2D eigenvalue weighted by Crippen LogP contribution is -2.56. The minimum Gasteiger partial charge on any atom is -0.480 e. The van der Waals surface area contributed by atoms with Gasteiger partial charge >= 0.3 is 5.97 Å². The number of benzene rings is 1. The summed E-state index contributed by atoms with van der Waals surface area (Å²) >= 11 is 11.0. The van der Waals surface area contributed by atoms with Crippen molar-refractivity contribution in [2.75, 3.05) is 11.5 Å². The average molecular weight is 379 g/mol. The van der Waals surface area contributed by atoms with E-state index in [2.05, 4.69) is 21.2 Å². The molecular formula is C13H13BrClNO3S. The summed E-state index contributed by atoms with van der Waals surface area (Å²) in [5, 5.41) is 12.4. The Morgan fingerprint density at radius 2 is 2.00 bits per heavy atom. The van der Waals surface area contributed by atoms with E-state index in [1.54, 1.807) is 30.0 Å². The van der Waals surface area contributed by atoms with Crippen molar-refractivity contribution in [3.8, 4) is 0 Å². The molecule has 2 N–H and O–H groups in total. The van der Waals surface area contributed by atoms with E-state index in [-0.39, 0.29) is 10.6 Å². The van der Waals surface area contributed by atoms with Crippen LogP contribution in [0.4, 0.5) is 0 Å². The summed E-state index contributed by atoms with van der Waals surface area (Å²) in [6, 6.07) is 4.99. The van der Waals surface area contributed by atoms with E-state index in [4.69, 9.17) is 11.6 Å². The molecule has 1 aromatic carbocycles. The highest BCUT2D eigenvalue weighted by Gasteiger charge is 2.41. The number of hydrogen-bond donors (Lipinski definition) is 2. The molecule has 4 nitrogen and oxygen atoms in total. The van der Waals surface area contributed by atoms with Crippen LogP contribution in [0.15, 0.2) is 22.7 Å². The molecule has 2 rings (SSSR count). The average Bonchev–Trinajstić information content (AvgIpc) is 2.42. The Hall–Kier alpha value is -0.720. The standard InChI is InChI=1S/C13H13BrClNO3S/c14-9-3-1-2-8(10(9)15)11(17)16-13(12(18)19)4-6-20-7-5-13/h1-3H,4-7H2,(H,16,17)(H,18,19). The fraction of sp³-hybridized carbons (Fsp3) is 0.385. The maximum absolute atomic E-state index is 12.3. The second-order valence-electron chi connectivity index (χ2n) is 4.56. The lowest BCUT2D eigenvalue weighted by molar-refractivity contribution is -0.144. The zero-order valence-corrected chi connectivity index (χ0v) is 13.6. The van der Waals surface area contributed by atoms with Crippen LogP contribution in [0.2, 0.25) is 5.02 Å². The Balaban J connectivity index is 2.25. The molecule has 1 fully saturated rings. The molecule has 0 unspecified atom stereocenters. The molecule has 0 spiro atoms. The molecule has 20 heavy (non-hydrogen) atoms. The van der Waals surface area contributed by atoms with Gasteiger partial charge < -0.3 is 10.4 Å². The van der Waals surface area contributed by atoms with Crippen LogP contribution in [0.25, 0.3) is 0 Å². The number of carbonyl (C=O) groups excluding carboxylic acids is 1. The van der Waals surface area contributed by atoms with Crippen LogP contribution in [0.3, 0.4) is 0 Å². The van der Waals surface area contributed by atoms with E-state index in [9.17, 15) is 14.7 Å². The molecule has 108 valence electrons. The Morgan fingerprint density at radius 3 is 2.60 bits per heavy atom. The van der Waals surface area contributed by atoms with Crippen molar-refractivity contribution in [2.24, 2.45) is 0 Å². The lowest BCUT2D eigenvalue weighted by atomic mass is 9.92. The van der Waals surface area contributed by atoms with Crippen molar-refractivity contribution in [2.45, 2.75) is 18.4 Å². The van der Waals surface area contributed by atoms with E-state index in [1.807, 2.05) is 0 Å². The number of carboxylic acids is 1. The van der Waals surface area contributed by atoms with Crippen molar-refractivity contribution in [1.29, 1.82) is 0 Å². The smallest absolute Gasteiger partial charge is 0.329 e. The molecule has 0 radical (unpaired) electrons. The monoisotopic (exact) mass is 377 g/mol. The highest BCUT2D eigenvalue weighted by molar-refractivity contribution is 9.10. The maximum atomic E-state index is 12.3. The molecule has 0 atom stereocenters. The van der Waals surface area contributed by atoms with Gasteiger partial charge in [-0.25, -0.2) is 4.79 Å². The minimum absolute atomic E-state index is 0.278. The third-order valence-corrected chi connectivity index (χ3v) is 5.59. The fourth-order valence-electron chi connectivity index (χ4n) is 2.08. The number of amides is 1. The number of rotatable bonds is 3. The Kier molecular flexibility index (Phi) is 4.99. The quantitative estimate of drug-likeness (QED) is 0.848. The van der Waals surface area contributed by atoms with Gasteiger partial charge in [-0.1, -0.05) is 17.7 Å². The van der Waals surface area contributed by atoms with Crippen LogP contribution in [-0.4, -0.2) is 34.0 Å². The van der Waals surface area contributed by atoms with Crippen molar-refractivity contribution < 1.29 is 14.7 Å². The van der Waals surface area contributed by atoms with Gasteiger partial charge in [0.15, 0.2) is 0 Å². The summed E-state index contributed by atoms with van der Waals surface area (Å²) in [5.74, 6) is 0.000268. The van der Waals surface area contributed by atoms with E-state index in [0.29, 0.717) is 17.3 Å². The molecule has 1 aromatic rings. The number of aliphatic carboxylic acids is 1. The van der Waals surface area contributed by atoms with E-state index in [1.165, 1.54) is 0 Å². The predicted octanol–water partition coefficient (Wildman–Crippen LogP) is 3.18. The Morgan fingerprint density at radius 1 is 1.35 bits per heavy atom. The van der Waals surface area contributed by atoms with Crippen molar-refractivity contribution >= 4 is 51.2 Å². The lowest BCUT2D eigenvalue weighted by Gasteiger charge is -2.33. The molecule has 0 aliphatic carbocycles. The van der Waals surface area contributed by atoms with Gasteiger partial charge in [-0.2, -0.15) is 11.8 Å². The molecule has 1 heterocycles. The van der Waals surface area contributed by atoms with Crippen molar-refractivity contribution in [3.63, 3.8) is 0 Å². The zero-order valence-electron chi connectivity index (χ0n) is 10.5. The topological polar surface area (TPSA) is 66.4 Å². The molecule has 1 aliphatic rings. The normalized spacial score (nSPS) is 17.5. The number of thioether (sulfide) groups is 1. The van der Waals surface area contributed by atoms with Gasteiger partial charge in [0, 0.05) is 4.47 Å². The number of halogens is 2. The third-order valence-electron chi connectivity index (χ3n) is 3.30. The highest BCUT2D eigenvalue weighted by Crippen LogP contribution is 2.30. The molecule has 0 saturated carbocycles. The van der Waals surface area contributed by atoms with Crippen LogP contribution in [0, 0.1) is 0 Å². The van der Waals surface area contributed by atoms with Gasteiger partial charge in [0.2, 0.25) is 0 Å². The predicted molar refractivity (Wildman–Crippen MR) is 83.5 cm³/mol. The summed E-state index contributed by atoms with van der Waals surface area (Å²) in [7, 11) is 0. The van der Waals surface area contributed by atoms with Crippen LogP contribution in [0.5, 0.6) is 0 Å². The molecule has 1 aliphatic heterocycles. The van der Waals surface area contributed by atoms with Gasteiger partial charge in [-0.05, 0) is 52.4 Å². The summed E-state index contributed by atoms with van der Waals surface area (Å²) in [6.07, 6.45) is 0.842. The summed E-state index contributed by atoms with van der Waals surface area (Å²) in [5.41, 5.74) is -0.909. The summed E-state index contributed by atoms with van der Waals surface area (Å²) < 4.78 is 0.607. The Bertz CT molecular complexity index is 546. The van der Waals surface area contributed by atoms with Gasteiger partial charge in [-0.3, -0.25) is 4.79 Å². The Labute approximate surface area is 134 Å². The van der Waals surface area contributed by atoms with Crippen LogP contribution in [0.1, 0.15) is 23.2 Å². The largest absolute Gasteiger partial charge is 0.480 e. The maximum Gasteiger partial charge on any atom is 0.329 e. The van der Waals surface area contributed by atoms with E-state index >= 15 is 0 Å². The molecule has 7 heteroatoms. The number of carboxylic acid groups (broad SMARTS) is 1. The number of nitrogens with one attached hydrogen (secondary N) is 1. The first-order chi connectivity index (χ1) is 9.46. The van der Waals surface area contributed by atoms with Crippen LogP contribution < -0.4 is 5.32 Å². The molecular weight excluding hydrogens is 366 g/mol. The van der Waals surface area contributed by atoms with Crippen molar-refractivity contribution in [3.05, 3.63) is 33.3 Å². The zero-order chi connectivity index (χ0) is 14.8. The fourth-order valence-corrected chi connectivity index (χ4v) is 3.84. The van der Waals surface area contributed by atoms with E-state index < -0.39 is 17.4 Å². The van der Waals surface area contributed by atoms with Gasteiger partial charge in [0.25, 0.3) is 5.91 Å². The van der Waals surface area contributed by atoms with E-state index in [0.717, 1.165) is 11.5 Å². The molecule has 0 aromatic heterocycles. The van der Waals surface area contributed by atoms with Gasteiger partial charge in [0.1, 0.15) is 5.54 Å². The molecule has 1 saturated heterocycles. The minimum atomic E-state index is -1.19. The van der Waals surface area contributed by atoms with Crippen molar-refractivity contribution in [1.82, 2.24) is 5.32 Å². The second-order valence-corrected chi connectivity index (χ2v) is 7.01. The first kappa shape index (κ1) is 15.7. The molecule has 0 bridgehead atoms. The van der Waals surface area contributed by atoms with Crippen LogP contribution >= 0.6 is 39.3 Å². The molecule has 1 amide bonds. The third kappa shape index (κ3) is 3.13. The van der Waals surface area contributed by atoms with Gasteiger partial charge in [-0.15, -0.1) is 0 Å². The van der Waals surface area contributed by atoms with Gasteiger partial charge in [0.05, 0.1) is 10.6 Å². The number of carbonyl (C=O) groups is 2. The van der Waals surface area contributed by atoms with Crippen LogP contribution in [-0.2, 0) is 4.79 Å². The first-order valence-corrected chi connectivity index (χ1v) is 8.36. The summed E-state index contributed by atoms with van der Waals surface area (Å²) in [6.45, 7) is 0. The first-order valence-electron chi connectivity index (χ1n) is 6.04. The highest BCUT2D eigenvalue weighted by atomic mass is 79.9. The summed E-state index contributed by atoms with van der Waals surface area (Å²) in [4.78, 5) is 23.8. The SMILES string of the molecule is O=C(NC1(C(=O)O)CCSCC1)c1cccc(Br)c1Cl. The second kappa shape index (κ2) is 6.37. The number of hydrogen-bond acceptors (Lipinski definition) is 3.